The highest BCUT2D eigenvalue weighted by atomic mass is 16.4. The average Bonchev–Trinajstić information content (AvgIpc) is 2.32. The normalized spacial score (nSPS) is 9.75. The summed E-state index contributed by atoms with van der Waals surface area (Å²) in [5.41, 5.74) is 1.45. The second-order valence-corrected chi connectivity index (χ2v) is 3.27. The first-order chi connectivity index (χ1) is 7.70. The van der Waals surface area contributed by atoms with Crippen LogP contribution < -0.4 is 5.63 Å². The Balaban J connectivity index is 0.000000606. The molecule has 0 aliphatic carbocycles. The van der Waals surface area contributed by atoms with E-state index in [1.807, 2.05) is 39.8 Å². The molecule has 0 bridgehead atoms. The minimum atomic E-state index is -0.296. The number of rotatable bonds is 1. The molecule has 0 atom stereocenters. The van der Waals surface area contributed by atoms with Crippen LogP contribution in [0.25, 0.3) is 10.9 Å². The Morgan fingerprint density at radius 1 is 1.31 bits per heavy atom. The Kier molecular flexibility index (Phi) is 4.23. The van der Waals surface area contributed by atoms with Crippen LogP contribution in [-0.4, -0.2) is 4.98 Å². The number of aryl methyl sites for hydroxylation is 2. The molecule has 0 saturated carbocycles. The van der Waals surface area contributed by atoms with Crippen LogP contribution in [0.5, 0.6) is 0 Å². The maximum absolute atomic E-state index is 11.5. The first-order valence-electron chi connectivity index (χ1n) is 5.61. The van der Waals surface area contributed by atoms with Crippen molar-refractivity contribution in [1.82, 2.24) is 4.98 Å². The Morgan fingerprint density at radius 2 is 2.00 bits per heavy atom. The lowest BCUT2D eigenvalue weighted by Gasteiger charge is -1.99. The van der Waals surface area contributed by atoms with E-state index in [1.54, 1.807) is 6.07 Å². The summed E-state index contributed by atoms with van der Waals surface area (Å²) in [6.45, 7) is 7.85. The number of nitrogens with zero attached hydrogens (tertiary/aromatic N) is 1. The van der Waals surface area contributed by atoms with Crippen LogP contribution in [0.4, 0.5) is 0 Å². The van der Waals surface area contributed by atoms with Crippen molar-refractivity contribution in [2.24, 2.45) is 0 Å². The number of aromatic nitrogens is 1. The fraction of sp³-hybridized carbons (Fsp3) is 0.385. The number of hydrogen-bond acceptors (Lipinski definition) is 3. The second-order valence-electron chi connectivity index (χ2n) is 3.27. The lowest BCUT2D eigenvalue weighted by Crippen LogP contribution is -2.04. The van der Waals surface area contributed by atoms with Gasteiger partial charge in [-0.1, -0.05) is 32.4 Å². The maximum Gasteiger partial charge on any atom is 0.346 e. The van der Waals surface area contributed by atoms with Gasteiger partial charge in [0.2, 0.25) is 0 Å². The molecule has 0 spiro atoms. The summed E-state index contributed by atoms with van der Waals surface area (Å²) in [6.07, 6.45) is 0.638. The summed E-state index contributed by atoms with van der Waals surface area (Å²) in [4.78, 5) is 15.7. The fourth-order valence-corrected chi connectivity index (χ4v) is 1.38. The summed E-state index contributed by atoms with van der Waals surface area (Å²) < 4.78 is 5.03. The lowest BCUT2D eigenvalue weighted by molar-refractivity contribution is 0.450. The largest absolute Gasteiger partial charge is 0.408 e. The summed E-state index contributed by atoms with van der Waals surface area (Å²) >= 11 is 0. The molecule has 0 saturated heterocycles. The second kappa shape index (κ2) is 5.45. The Morgan fingerprint density at radius 3 is 2.62 bits per heavy atom. The van der Waals surface area contributed by atoms with E-state index in [9.17, 15) is 4.79 Å². The third kappa shape index (κ3) is 2.48. The monoisotopic (exact) mass is 219 g/mol. The quantitative estimate of drug-likeness (QED) is 0.740. The van der Waals surface area contributed by atoms with Gasteiger partial charge in [-0.05, 0) is 19.1 Å². The summed E-state index contributed by atoms with van der Waals surface area (Å²) in [7, 11) is 0. The molecule has 1 aromatic carbocycles. The summed E-state index contributed by atoms with van der Waals surface area (Å²) in [5.74, 6) is 0.492. The Hall–Kier alpha value is -1.64. The third-order valence-electron chi connectivity index (χ3n) is 2.13. The van der Waals surface area contributed by atoms with Gasteiger partial charge in [0.1, 0.15) is 0 Å². The van der Waals surface area contributed by atoms with Crippen LogP contribution >= 0.6 is 0 Å². The number of benzene rings is 1. The van der Waals surface area contributed by atoms with Gasteiger partial charge in [0.25, 0.3) is 0 Å². The summed E-state index contributed by atoms with van der Waals surface area (Å²) in [5, 5.41) is 0.558. The molecule has 1 heterocycles. The van der Waals surface area contributed by atoms with E-state index < -0.39 is 0 Å². The van der Waals surface area contributed by atoms with E-state index in [0.29, 0.717) is 23.2 Å². The minimum absolute atomic E-state index is 0.296. The fourth-order valence-electron chi connectivity index (χ4n) is 1.38. The standard InChI is InChI=1S/C11H11NO2.C2H6/c1-3-10-12-9-5-4-7(2)6-8(9)11(13)14-10;1-2/h4-6H,3H2,1-2H3;1-2H3. The average molecular weight is 219 g/mol. The van der Waals surface area contributed by atoms with E-state index in [1.165, 1.54) is 0 Å². The molecule has 16 heavy (non-hydrogen) atoms. The SMILES string of the molecule is CC.CCc1nc2ccc(C)cc2c(=O)o1. The maximum atomic E-state index is 11.5. The van der Waals surface area contributed by atoms with Crippen LogP contribution in [0.2, 0.25) is 0 Å². The van der Waals surface area contributed by atoms with Crippen molar-refractivity contribution < 1.29 is 4.42 Å². The van der Waals surface area contributed by atoms with Crippen molar-refractivity contribution in [2.45, 2.75) is 34.1 Å². The minimum Gasteiger partial charge on any atom is -0.408 e. The zero-order chi connectivity index (χ0) is 12.1. The molecule has 3 heteroatoms. The number of fused-ring (bicyclic) bond motifs is 1. The molecular weight excluding hydrogens is 202 g/mol. The van der Waals surface area contributed by atoms with Gasteiger partial charge in [-0.15, -0.1) is 0 Å². The third-order valence-corrected chi connectivity index (χ3v) is 2.13. The molecule has 86 valence electrons. The molecule has 0 radical (unpaired) electrons. The zero-order valence-corrected chi connectivity index (χ0v) is 10.2. The molecule has 2 rings (SSSR count). The van der Waals surface area contributed by atoms with Crippen LogP contribution in [0.15, 0.2) is 27.4 Å². The van der Waals surface area contributed by atoms with Gasteiger partial charge in [0, 0.05) is 6.42 Å². The smallest absolute Gasteiger partial charge is 0.346 e. The molecule has 0 aliphatic heterocycles. The predicted molar refractivity (Wildman–Crippen MR) is 65.7 cm³/mol. The molecule has 1 aromatic heterocycles. The predicted octanol–water partition coefficient (Wildman–Crippen LogP) is 3.09. The highest BCUT2D eigenvalue weighted by molar-refractivity contribution is 5.77. The van der Waals surface area contributed by atoms with E-state index in [0.717, 1.165) is 5.56 Å². The molecule has 0 aliphatic rings. The Labute approximate surface area is 95.1 Å². The van der Waals surface area contributed by atoms with Crippen LogP contribution in [0.1, 0.15) is 32.2 Å². The van der Waals surface area contributed by atoms with Crippen LogP contribution in [0.3, 0.4) is 0 Å². The molecule has 0 fully saturated rings. The highest BCUT2D eigenvalue weighted by Crippen LogP contribution is 2.10. The van der Waals surface area contributed by atoms with Gasteiger partial charge in [0.05, 0.1) is 10.9 Å². The van der Waals surface area contributed by atoms with Crippen molar-refractivity contribution in [3.05, 3.63) is 40.1 Å². The van der Waals surface area contributed by atoms with Gasteiger partial charge in [-0.3, -0.25) is 0 Å². The van der Waals surface area contributed by atoms with Gasteiger partial charge in [-0.2, -0.15) is 0 Å². The van der Waals surface area contributed by atoms with Crippen molar-refractivity contribution in [3.63, 3.8) is 0 Å². The van der Waals surface area contributed by atoms with E-state index in [4.69, 9.17) is 4.42 Å². The van der Waals surface area contributed by atoms with E-state index >= 15 is 0 Å². The van der Waals surface area contributed by atoms with E-state index in [2.05, 4.69) is 4.98 Å². The lowest BCUT2D eigenvalue weighted by atomic mass is 10.2. The van der Waals surface area contributed by atoms with Crippen LogP contribution in [0, 0.1) is 6.92 Å². The molecule has 0 amide bonds. The molecule has 3 nitrogen and oxygen atoms in total. The Bertz CT molecular complexity index is 529. The van der Waals surface area contributed by atoms with Crippen molar-refractivity contribution in [2.75, 3.05) is 0 Å². The molecule has 0 unspecified atom stereocenters. The van der Waals surface area contributed by atoms with Gasteiger partial charge >= 0.3 is 5.63 Å². The zero-order valence-electron chi connectivity index (χ0n) is 10.2. The van der Waals surface area contributed by atoms with E-state index in [-0.39, 0.29) is 5.63 Å². The first kappa shape index (κ1) is 12.4. The molecular formula is C13H17NO2. The van der Waals surface area contributed by atoms with Crippen molar-refractivity contribution >= 4 is 10.9 Å². The first-order valence-corrected chi connectivity index (χ1v) is 5.61. The van der Waals surface area contributed by atoms with Gasteiger partial charge in [0.15, 0.2) is 5.89 Å². The van der Waals surface area contributed by atoms with Crippen LogP contribution in [-0.2, 0) is 6.42 Å². The highest BCUT2D eigenvalue weighted by Gasteiger charge is 2.04. The topological polar surface area (TPSA) is 43.1 Å². The van der Waals surface area contributed by atoms with Crippen molar-refractivity contribution in [3.8, 4) is 0 Å². The van der Waals surface area contributed by atoms with Gasteiger partial charge < -0.3 is 4.42 Å². The molecule has 2 aromatic rings. The number of hydrogen-bond donors (Lipinski definition) is 0. The van der Waals surface area contributed by atoms with Gasteiger partial charge in [-0.25, -0.2) is 9.78 Å². The molecule has 0 N–H and O–H groups in total. The summed E-state index contributed by atoms with van der Waals surface area (Å²) in [6, 6.07) is 5.59. The van der Waals surface area contributed by atoms with Crippen molar-refractivity contribution in [1.29, 1.82) is 0 Å².